The summed E-state index contributed by atoms with van der Waals surface area (Å²) in [5.41, 5.74) is 2.91. The summed E-state index contributed by atoms with van der Waals surface area (Å²) in [6.07, 6.45) is 4.92. The van der Waals surface area contributed by atoms with Crippen molar-refractivity contribution in [1.29, 1.82) is 0 Å². The van der Waals surface area contributed by atoms with Gasteiger partial charge in [-0.15, -0.1) is 0 Å². The number of aromatic nitrogens is 1. The fourth-order valence-electron chi connectivity index (χ4n) is 4.45. The van der Waals surface area contributed by atoms with Gasteiger partial charge in [0.25, 0.3) is 0 Å². The molecular formula is C30H30ClNO4S. The second-order valence-corrected chi connectivity index (χ2v) is 12.5. The predicted octanol–water partition coefficient (Wildman–Crippen LogP) is 6.11. The number of rotatable bonds is 8. The van der Waals surface area contributed by atoms with Gasteiger partial charge in [0.2, 0.25) is 0 Å². The number of pyridine rings is 1. The molecule has 3 aromatic carbocycles. The van der Waals surface area contributed by atoms with Crippen LogP contribution >= 0.6 is 11.6 Å². The van der Waals surface area contributed by atoms with Crippen LogP contribution in [0.5, 0.6) is 0 Å². The molecule has 2 N–H and O–H groups in total. The molecule has 1 unspecified atom stereocenters. The number of sulfone groups is 1. The van der Waals surface area contributed by atoms with Gasteiger partial charge in [0, 0.05) is 16.7 Å². The van der Waals surface area contributed by atoms with E-state index in [1.165, 1.54) is 0 Å². The first-order valence-electron chi connectivity index (χ1n) is 11.9. The smallest absolute Gasteiger partial charge is 0.191 e. The SMILES string of the molecule is CC(C)(O)c1ccccc1CCC(O)(c1cccc(C=Cc2ccc3ccc(Cl)cc3n2)c1)S(C)(=O)=O. The van der Waals surface area contributed by atoms with Crippen LogP contribution in [0.3, 0.4) is 0 Å². The molecule has 0 saturated carbocycles. The molecule has 0 aliphatic carbocycles. The van der Waals surface area contributed by atoms with Crippen LogP contribution in [0.4, 0.5) is 0 Å². The summed E-state index contributed by atoms with van der Waals surface area (Å²) < 4.78 is 25.7. The Hall–Kier alpha value is -3.03. The van der Waals surface area contributed by atoms with E-state index < -0.39 is 20.4 Å². The van der Waals surface area contributed by atoms with Gasteiger partial charge in [-0.1, -0.05) is 72.3 Å². The number of aliphatic hydroxyl groups is 2. The van der Waals surface area contributed by atoms with Crippen LogP contribution < -0.4 is 0 Å². The third-order valence-corrected chi connectivity index (χ3v) is 8.38. The molecule has 0 saturated heterocycles. The highest BCUT2D eigenvalue weighted by Crippen LogP contribution is 2.35. The molecule has 0 spiro atoms. The third-order valence-electron chi connectivity index (χ3n) is 6.48. The quantitative estimate of drug-likeness (QED) is 0.284. The molecule has 1 aromatic heterocycles. The number of aryl methyl sites for hydroxylation is 1. The summed E-state index contributed by atoms with van der Waals surface area (Å²) in [7, 11) is -3.90. The molecule has 5 nitrogen and oxygen atoms in total. The van der Waals surface area contributed by atoms with Gasteiger partial charge in [-0.3, -0.25) is 0 Å². The van der Waals surface area contributed by atoms with E-state index in [2.05, 4.69) is 4.98 Å². The normalized spacial score (nSPS) is 14.2. The van der Waals surface area contributed by atoms with Crippen molar-refractivity contribution < 1.29 is 18.6 Å². The second kappa shape index (κ2) is 10.4. The summed E-state index contributed by atoms with van der Waals surface area (Å²) in [6, 6.07) is 23.6. The Morgan fingerprint density at radius 1 is 0.919 bits per heavy atom. The van der Waals surface area contributed by atoms with Crippen LogP contribution in [0.25, 0.3) is 23.1 Å². The third kappa shape index (κ3) is 6.11. The molecule has 192 valence electrons. The maximum Gasteiger partial charge on any atom is 0.191 e. The van der Waals surface area contributed by atoms with Gasteiger partial charge in [-0.05, 0) is 79.3 Å². The Balaban J connectivity index is 1.63. The maximum absolute atomic E-state index is 12.9. The number of hydrogen-bond acceptors (Lipinski definition) is 5. The second-order valence-electron chi connectivity index (χ2n) is 9.80. The van der Waals surface area contributed by atoms with Gasteiger partial charge < -0.3 is 10.2 Å². The van der Waals surface area contributed by atoms with E-state index in [-0.39, 0.29) is 18.4 Å². The minimum Gasteiger partial charge on any atom is -0.386 e. The van der Waals surface area contributed by atoms with Crippen molar-refractivity contribution in [1.82, 2.24) is 4.98 Å². The molecule has 37 heavy (non-hydrogen) atoms. The summed E-state index contributed by atoms with van der Waals surface area (Å²) in [4.78, 5) is 2.52. The van der Waals surface area contributed by atoms with Crippen molar-refractivity contribution in [3.8, 4) is 0 Å². The Morgan fingerprint density at radius 3 is 2.38 bits per heavy atom. The molecule has 0 aliphatic rings. The van der Waals surface area contributed by atoms with Gasteiger partial charge in [0.1, 0.15) is 0 Å². The zero-order valence-corrected chi connectivity index (χ0v) is 22.6. The van der Waals surface area contributed by atoms with Crippen molar-refractivity contribution in [3.05, 3.63) is 112 Å². The molecule has 0 aliphatic heterocycles. The van der Waals surface area contributed by atoms with E-state index in [1.807, 2.05) is 66.7 Å². The molecule has 7 heteroatoms. The van der Waals surface area contributed by atoms with Crippen LogP contribution in [0.15, 0.2) is 78.9 Å². The monoisotopic (exact) mass is 535 g/mol. The highest BCUT2D eigenvalue weighted by molar-refractivity contribution is 7.91. The number of benzene rings is 3. The maximum atomic E-state index is 12.9. The molecule has 4 rings (SSSR count). The van der Waals surface area contributed by atoms with Crippen molar-refractivity contribution in [2.45, 2.75) is 37.2 Å². The minimum absolute atomic E-state index is 0.0565. The number of halogens is 1. The molecule has 0 radical (unpaired) electrons. The summed E-state index contributed by atoms with van der Waals surface area (Å²) in [6.45, 7) is 3.37. The molecule has 0 amide bonds. The Bertz CT molecular complexity index is 1570. The average molecular weight is 536 g/mol. The first-order valence-corrected chi connectivity index (χ1v) is 14.2. The predicted molar refractivity (Wildman–Crippen MR) is 151 cm³/mol. The summed E-state index contributed by atoms with van der Waals surface area (Å²) in [5.74, 6) is 0. The van der Waals surface area contributed by atoms with E-state index in [0.717, 1.165) is 34.0 Å². The lowest BCUT2D eigenvalue weighted by Gasteiger charge is -2.28. The number of hydrogen-bond donors (Lipinski definition) is 2. The Kier molecular flexibility index (Phi) is 7.58. The molecule has 4 aromatic rings. The van der Waals surface area contributed by atoms with E-state index in [1.54, 1.807) is 38.1 Å². The highest BCUT2D eigenvalue weighted by atomic mass is 35.5. The standard InChI is InChI=1S/C30H30ClNO4S/c1-29(2,33)27-10-5-4-8-22(27)17-18-30(34,37(3,35)36)24-9-6-7-21(19-24)11-15-26-16-13-23-12-14-25(31)20-28(23)32-26/h4-16,19-20,33-34H,17-18H2,1-3H3. The molecule has 0 fully saturated rings. The van der Waals surface area contributed by atoms with Gasteiger partial charge in [-0.25, -0.2) is 13.4 Å². The largest absolute Gasteiger partial charge is 0.386 e. The van der Waals surface area contributed by atoms with Gasteiger partial charge >= 0.3 is 0 Å². The first kappa shape index (κ1) is 27.0. The summed E-state index contributed by atoms with van der Waals surface area (Å²) in [5, 5.41) is 23.7. The number of nitrogens with zero attached hydrogens (tertiary/aromatic N) is 1. The van der Waals surface area contributed by atoms with Gasteiger partial charge in [0.15, 0.2) is 14.8 Å². The van der Waals surface area contributed by atoms with Crippen LogP contribution in [-0.4, -0.2) is 29.9 Å². The lowest BCUT2D eigenvalue weighted by atomic mass is 9.89. The average Bonchev–Trinajstić information content (AvgIpc) is 2.85. The molecular weight excluding hydrogens is 506 g/mol. The first-order chi connectivity index (χ1) is 17.4. The van der Waals surface area contributed by atoms with Gasteiger partial charge in [-0.2, -0.15) is 0 Å². The lowest BCUT2D eigenvalue weighted by molar-refractivity contribution is 0.0766. The van der Waals surface area contributed by atoms with Crippen molar-refractivity contribution in [2.75, 3.05) is 6.26 Å². The zero-order valence-electron chi connectivity index (χ0n) is 21.0. The highest BCUT2D eigenvalue weighted by Gasteiger charge is 2.40. The fourth-order valence-corrected chi connectivity index (χ4v) is 5.64. The molecule has 1 heterocycles. The van der Waals surface area contributed by atoms with E-state index in [0.29, 0.717) is 10.6 Å². The number of fused-ring (bicyclic) bond motifs is 1. The van der Waals surface area contributed by atoms with Crippen molar-refractivity contribution in [2.24, 2.45) is 0 Å². The van der Waals surface area contributed by atoms with Crippen LogP contribution in [-0.2, 0) is 26.8 Å². The van der Waals surface area contributed by atoms with Crippen LogP contribution in [0.1, 0.15) is 48.2 Å². The fraction of sp³-hybridized carbons (Fsp3) is 0.233. The van der Waals surface area contributed by atoms with E-state index in [4.69, 9.17) is 11.6 Å². The zero-order chi connectivity index (χ0) is 26.8. The Labute approximate surface area is 223 Å². The summed E-state index contributed by atoms with van der Waals surface area (Å²) >= 11 is 6.09. The molecule has 1 atom stereocenters. The van der Waals surface area contributed by atoms with Crippen LogP contribution in [0, 0.1) is 0 Å². The van der Waals surface area contributed by atoms with Crippen molar-refractivity contribution >= 4 is 44.5 Å². The van der Waals surface area contributed by atoms with Gasteiger partial charge in [0.05, 0.1) is 16.8 Å². The topological polar surface area (TPSA) is 87.5 Å². The van der Waals surface area contributed by atoms with E-state index in [9.17, 15) is 18.6 Å². The minimum atomic E-state index is -3.90. The van der Waals surface area contributed by atoms with E-state index >= 15 is 0 Å². The van der Waals surface area contributed by atoms with Crippen molar-refractivity contribution in [3.63, 3.8) is 0 Å². The van der Waals surface area contributed by atoms with Crippen LogP contribution in [0.2, 0.25) is 5.02 Å². The lowest BCUT2D eigenvalue weighted by Crippen LogP contribution is -2.36. The molecule has 0 bridgehead atoms. The Morgan fingerprint density at radius 2 is 1.65 bits per heavy atom.